The van der Waals surface area contributed by atoms with Crippen molar-refractivity contribution in [2.45, 2.75) is 51.6 Å². The Balaban J connectivity index is 2.15. The van der Waals surface area contributed by atoms with E-state index < -0.39 is 18.0 Å². The van der Waals surface area contributed by atoms with Crippen molar-refractivity contribution in [1.82, 2.24) is 0 Å². The minimum Gasteiger partial charge on any atom is -0.481 e. The molecule has 2 rings (SSSR count). The molecule has 3 heteroatoms. The van der Waals surface area contributed by atoms with Crippen LogP contribution in [0.15, 0.2) is 24.3 Å². The maximum Gasteiger partial charge on any atom is 0.307 e. The molecule has 0 amide bonds. The molecule has 20 heavy (non-hydrogen) atoms. The van der Waals surface area contributed by atoms with Gasteiger partial charge in [-0.1, -0.05) is 49.1 Å². The zero-order valence-corrected chi connectivity index (χ0v) is 12.1. The van der Waals surface area contributed by atoms with Crippen molar-refractivity contribution >= 4 is 5.97 Å². The van der Waals surface area contributed by atoms with E-state index in [-0.39, 0.29) is 5.92 Å². The molecule has 3 atom stereocenters. The van der Waals surface area contributed by atoms with Gasteiger partial charge in [0, 0.05) is 0 Å². The molecule has 0 radical (unpaired) electrons. The molecule has 0 aliphatic heterocycles. The highest BCUT2D eigenvalue weighted by Gasteiger charge is 2.34. The molecule has 1 aromatic rings. The van der Waals surface area contributed by atoms with Crippen LogP contribution >= 0.6 is 0 Å². The van der Waals surface area contributed by atoms with E-state index >= 15 is 0 Å². The zero-order chi connectivity index (χ0) is 14.5. The number of aliphatic carboxylic acids is 1. The zero-order valence-electron chi connectivity index (χ0n) is 12.1. The van der Waals surface area contributed by atoms with Gasteiger partial charge in [-0.05, 0) is 37.7 Å². The first-order valence-corrected chi connectivity index (χ1v) is 7.54. The number of carbonyl (C=O) groups is 1. The Labute approximate surface area is 120 Å². The van der Waals surface area contributed by atoms with Crippen molar-refractivity contribution in [2.75, 3.05) is 0 Å². The number of aliphatic hydroxyl groups excluding tert-OH is 1. The van der Waals surface area contributed by atoms with Crippen LogP contribution in [-0.4, -0.2) is 22.3 Å². The fourth-order valence-corrected chi connectivity index (χ4v) is 3.30. The number of aryl methyl sites for hydroxylation is 1. The summed E-state index contributed by atoms with van der Waals surface area (Å²) in [6.07, 6.45) is 4.74. The van der Waals surface area contributed by atoms with Crippen molar-refractivity contribution in [1.29, 1.82) is 0 Å². The van der Waals surface area contributed by atoms with Crippen molar-refractivity contribution in [3.05, 3.63) is 35.4 Å². The number of hydrogen-bond donors (Lipinski definition) is 2. The third kappa shape index (κ3) is 3.83. The first-order chi connectivity index (χ1) is 9.58. The minimum absolute atomic E-state index is 0.115. The molecule has 110 valence electrons. The molecule has 0 saturated heterocycles. The molecule has 1 aliphatic rings. The second-order valence-electron chi connectivity index (χ2n) is 6.01. The number of carboxylic acids is 1. The van der Waals surface area contributed by atoms with Crippen LogP contribution in [-0.2, 0) is 11.2 Å². The van der Waals surface area contributed by atoms with Gasteiger partial charge in [-0.2, -0.15) is 0 Å². The highest BCUT2D eigenvalue weighted by atomic mass is 16.4. The van der Waals surface area contributed by atoms with Gasteiger partial charge in [0.1, 0.15) is 0 Å². The second-order valence-corrected chi connectivity index (χ2v) is 6.01. The number of benzene rings is 1. The lowest BCUT2D eigenvalue weighted by Gasteiger charge is -2.27. The van der Waals surface area contributed by atoms with Gasteiger partial charge in [-0.15, -0.1) is 0 Å². The van der Waals surface area contributed by atoms with Gasteiger partial charge in [-0.3, -0.25) is 4.79 Å². The predicted molar refractivity (Wildman–Crippen MR) is 78.6 cm³/mol. The summed E-state index contributed by atoms with van der Waals surface area (Å²) in [5, 5.41) is 19.8. The molecule has 0 heterocycles. The SMILES string of the molecule is Cc1cccc(CC(C(=O)O)C2CCCCCC2O)c1. The van der Waals surface area contributed by atoms with E-state index in [2.05, 4.69) is 0 Å². The summed E-state index contributed by atoms with van der Waals surface area (Å²) in [5.41, 5.74) is 2.20. The second kappa shape index (κ2) is 6.89. The summed E-state index contributed by atoms with van der Waals surface area (Å²) in [7, 11) is 0. The third-order valence-corrected chi connectivity index (χ3v) is 4.40. The number of hydrogen-bond acceptors (Lipinski definition) is 2. The fraction of sp³-hybridized carbons (Fsp3) is 0.588. The van der Waals surface area contributed by atoms with Gasteiger partial charge in [0.25, 0.3) is 0 Å². The molecule has 1 aromatic carbocycles. The molecule has 0 aromatic heterocycles. The van der Waals surface area contributed by atoms with Crippen LogP contribution in [0.1, 0.15) is 43.2 Å². The summed E-state index contributed by atoms with van der Waals surface area (Å²) >= 11 is 0. The van der Waals surface area contributed by atoms with Crippen LogP contribution in [0.4, 0.5) is 0 Å². The van der Waals surface area contributed by atoms with Crippen LogP contribution in [0.5, 0.6) is 0 Å². The summed E-state index contributed by atoms with van der Waals surface area (Å²) < 4.78 is 0. The van der Waals surface area contributed by atoms with E-state index in [4.69, 9.17) is 0 Å². The smallest absolute Gasteiger partial charge is 0.307 e. The molecule has 3 unspecified atom stereocenters. The first-order valence-electron chi connectivity index (χ1n) is 7.54. The van der Waals surface area contributed by atoms with Gasteiger partial charge in [0.05, 0.1) is 12.0 Å². The Morgan fingerprint density at radius 1 is 1.30 bits per heavy atom. The molecule has 1 aliphatic carbocycles. The summed E-state index contributed by atoms with van der Waals surface area (Å²) in [6, 6.07) is 8.00. The first kappa shape index (κ1) is 15.0. The fourth-order valence-electron chi connectivity index (χ4n) is 3.30. The summed E-state index contributed by atoms with van der Waals surface area (Å²) in [6.45, 7) is 2.01. The monoisotopic (exact) mass is 276 g/mol. The van der Waals surface area contributed by atoms with Crippen molar-refractivity contribution in [3.63, 3.8) is 0 Å². The standard InChI is InChI=1S/C17H24O3/c1-12-6-5-7-13(10-12)11-15(17(19)20)14-8-3-2-4-9-16(14)18/h5-7,10,14-16,18H,2-4,8-9,11H2,1H3,(H,19,20). The van der Waals surface area contributed by atoms with Gasteiger partial charge in [-0.25, -0.2) is 0 Å². The molecule has 0 bridgehead atoms. The highest BCUT2D eigenvalue weighted by Crippen LogP contribution is 2.31. The Bertz CT molecular complexity index is 455. The van der Waals surface area contributed by atoms with Crippen LogP contribution in [0.25, 0.3) is 0 Å². The van der Waals surface area contributed by atoms with Gasteiger partial charge >= 0.3 is 5.97 Å². The molecule has 2 N–H and O–H groups in total. The van der Waals surface area contributed by atoms with Gasteiger partial charge < -0.3 is 10.2 Å². The molecule has 3 nitrogen and oxygen atoms in total. The minimum atomic E-state index is -0.780. The van der Waals surface area contributed by atoms with E-state index in [1.54, 1.807) is 0 Å². The van der Waals surface area contributed by atoms with Crippen LogP contribution in [0.3, 0.4) is 0 Å². The van der Waals surface area contributed by atoms with E-state index in [0.717, 1.165) is 43.2 Å². The Morgan fingerprint density at radius 3 is 2.75 bits per heavy atom. The van der Waals surface area contributed by atoms with Gasteiger partial charge in [0.15, 0.2) is 0 Å². The summed E-state index contributed by atoms with van der Waals surface area (Å²) in [5.74, 6) is -1.38. The van der Waals surface area contributed by atoms with E-state index in [1.165, 1.54) is 0 Å². The maximum absolute atomic E-state index is 11.6. The highest BCUT2D eigenvalue weighted by molar-refractivity contribution is 5.71. The Hall–Kier alpha value is -1.35. The quantitative estimate of drug-likeness (QED) is 0.830. The predicted octanol–water partition coefficient (Wildman–Crippen LogP) is 3.18. The lowest BCUT2D eigenvalue weighted by atomic mass is 9.80. The van der Waals surface area contributed by atoms with E-state index in [0.29, 0.717) is 6.42 Å². The van der Waals surface area contributed by atoms with Crippen molar-refractivity contribution in [3.8, 4) is 0 Å². The summed E-state index contributed by atoms with van der Waals surface area (Å²) in [4.78, 5) is 11.6. The molecule has 1 saturated carbocycles. The van der Waals surface area contributed by atoms with Gasteiger partial charge in [0.2, 0.25) is 0 Å². The Kier molecular flexibility index (Phi) is 5.18. The van der Waals surface area contributed by atoms with E-state index in [1.807, 2.05) is 31.2 Å². The topological polar surface area (TPSA) is 57.5 Å². The lowest BCUT2D eigenvalue weighted by Crippen LogP contribution is -2.33. The molecule has 1 fully saturated rings. The molecule has 0 spiro atoms. The number of rotatable bonds is 4. The van der Waals surface area contributed by atoms with Crippen LogP contribution < -0.4 is 0 Å². The average molecular weight is 276 g/mol. The number of aliphatic hydroxyl groups is 1. The lowest BCUT2D eigenvalue weighted by molar-refractivity contribution is -0.145. The number of carboxylic acid groups (broad SMARTS) is 1. The van der Waals surface area contributed by atoms with E-state index in [9.17, 15) is 15.0 Å². The molecular formula is C17H24O3. The third-order valence-electron chi connectivity index (χ3n) is 4.40. The van der Waals surface area contributed by atoms with Crippen molar-refractivity contribution < 1.29 is 15.0 Å². The normalized spacial score (nSPS) is 24.9. The van der Waals surface area contributed by atoms with Crippen molar-refractivity contribution in [2.24, 2.45) is 11.8 Å². The molecular weight excluding hydrogens is 252 g/mol. The largest absolute Gasteiger partial charge is 0.481 e. The maximum atomic E-state index is 11.6. The van der Waals surface area contributed by atoms with Crippen LogP contribution in [0, 0.1) is 18.8 Å². The Morgan fingerprint density at radius 2 is 2.05 bits per heavy atom. The van der Waals surface area contributed by atoms with Crippen LogP contribution in [0.2, 0.25) is 0 Å². The average Bonchev–Trinajstić information content (AvgIpc) is 2.61.